The van der Waals surface area contributed by atoms with E-state index in [4.69, 9.17) is 0 Å². The number of hydrogen-bond donors (Lipinski definition) is 2. The molecule has 84 heavy (non-hydrogen) atoms. The number of benzene rings is 2. The van der Waals surface area contributed by atoms with Crippen molar-refractivity contribution < 1.29 is 191 Å². The SMILES string of the molecule is O=C(Nc1ccccc1C(=O)O)OCc1ccc([Si](CCC(F)(F)C(F)(F)C(F)(F)C(F)(F)C(F)(F)C(F)(F)F)(CCC(F)(F)C(F)(F)C(F)(F)C(F)(F)C(F)(F)C(F)(F)F)CCC(F)(F)C(F)(F)C(F)(F)C(F)(F)C(F)(F)C(F)(F)F)cc1. The maximum absolute atomic E-state index is 15.4. The minimum absolute atomic E-state index is 0.0163. The van der Waals surface area contributed by atoms with Gasteiger partial charge in [-0.15, -0.1) is 0 Å². The van der Waals surface area contributed by atoms with Crippen LogP contribution in [0.25, 0.3) is 0 Å². The number of carboxylic acids is 1. The van der Waals surface area contributed by atoms with Gasteiger partial charge in [-0.2, -0.15) is 171 Å². The zero-order valence-electron chi connectivity index (χ0n) is 39.0. The number of aromatic carboxylic acids is 1. The van der Waals surface area contributed by atoms with E-state index >= 15 is 26.3 Å². The van der Waals surface area contributed by atoms with Crippen LogP contribution < -0.4 is 10.5 Å². The molecule has 0 aliphatic heterocycles. The van der Waals surface area contributed by atoms with Gasteiger partial charge in [0.1, 0.15) is 6.61 Å². The van der Waals surface area contributed by atoms with Crippen LogP contribution in [0.4, 0.5) is 182 Å². The zero-order valence-corrected chi connectivity index (χ0v) is 40.0. The number of rotatable bonds is 26. The van der Waals surface area contributed by atoms with E-state index in [0.29, 0.717) is 0 Å². The molecule has 0 aliphatic carbocycles. The number of ether oxygens (including phenoxy) is 1. The van der Waals surface area contributed by atoms with Gasteiger partial charge in [-0.1, -0.05) is 41.6 Å². The molecule has 45 heteroatoms. The van der Waals surface area contributed by atoms with E-state index in [1.807, 2.05) is 0 Å². The van der Waals surface area contributed by atoms with Gasteiger partial charge in [-0.25, -0.2) is 9.59 Å². The Labute approximate surface area is 438 Å². The maximum Gasteiger partial charge on any atom is 0.460 e. The maximum atomic E-state index is 15.4. The predicted molar refractivity (Wildman–Crippen MR) is 200 cm³/mol. The van der Waals surface area contributed by atoms with Crippen molar-refractivity contribution in [3.05, 3.63) is 59.7 Å². The molecule has 0 atom stereocenters. The van der Waals surface area contributed by atoms with Crippen molar-refractivity contribution in [2.24, 2.45) is 0 Å². The first-order chi connectivity index (χ1) is 36.6. The van der Waals surface area contributed by atoms with Crippen LogP contribution in [-0.2, 0) is 11.3 Å². The third kappa shape index (κ3) is 12.1. The van der Waals surface area contributed by atoms with Crippen LogP contribution in [0, 0.1) is 0 Å². The second kappa shape index (κ2) is 22.1. The third-order valence-electron chi connectivity index (χ3n) is 12.1. The topological polar surface area (TPSA) is 75.6 Å². The van der Waals surface area contributed by atoms with Crippen LogP contribution in [0.15, 0.2) is 48.5 Å². The van der Waals surface area contributed by atoms with Gasteiger partial charge in [0.15, 0.2) is 0 Å². The molecule has 0 saturated heterocycles. The van der Waals surface area contributed by atoms with Crippen molar-refractivity contribution in [1.82, 2.24) is 0 Å². The standard InChI is InChI=1S/C39H24F39NO4Si/c40-22(41,25(46,47)28(52,53)31(58,59)34(64,65)37(70,71)72)9-12-84(13-10-23(42,43)26(48,49)29(54,55)32(60,61)35(66,67)38(73,74)75,14-11-24(44,45)27(50,51)30(56,57)33(62,63)36(68,69)39(76,77)78)17-7-5-16(6-8-17)15-83-21(82)79-19-4-2-1-3-18(19)20(80)81/h1-8H,9-15H2,(H,79,82)(H,80,81). The molecule has 0 aliphatic rings. The highest BCUT2D eigenvalue weighted by atomic mass is 28.3. The Bertz CT molecular complexity index is 2450. The molecule has 0 radical (unpaired) electrons. The number of carboxylic acid groups (broad SMARTS) is 1. The lowest BCUT2D eigenvalue weighted by Gasteiger charge is -2.43. The largest absolute Gasteiger partial charge is 0.478 e. The molecule has 2 rings (SSSR count). The minimum atomic E-state index is -8.97. The summed E-state index contributed by atoms with van der Waals surface area (Å²) in [6.07, 6.45) is -38.9. The Morgan fingerprint density at radius 2 is 0.631 bits per heavy atom. The summed E-state index contributed by atoms with van der Waals surface area (Å²) in [7, 11) is -7.29. The summed E-state index contributed by atoms with van der Waals surface area (Å²) in [5.41, 5.74) is -2.34. The number of nitrogens with one attached hydrogen (secondary N) is 1. The number of para-hydroxylation sites is 1. The molecular weight excluding hydrogens is 1320 g/mol. The summed E-state index contributed by atoms with van der Waals surface area (Å²) in [6, 6.07) is -7.30. The Hall–Kier alpha value is -5.33. The first-order valence-corrected chi connectivity index (χ1v) is 23.5. The molecule has 0 unspecified atom stereocenters. The fourth-order valence-corrected chi connectivity index (χ4v) is 11.8. The minimum Gasteiger partial charge on any atom is -0.478 e. The number of hydrogen-bond acceptors (Lipinski definition) is 3. The monoisotopic (exact) mass is 1340 g/mol. The van der Waals surface area contributed by atoms with E-state index < -0.39 is 194 Å². The second-order valence-corrected chi connectivity index (χ2v) is 22.2. The zero-order chi connectivity index (χ0) is 67.0. The van der Waals surface area contributed by atoms with Crippen LogP contribution in [0.5, 0.6) is 0 Å². The first kappa shape index (κ1) is 74.8. The van der Waals surface area contributed by atoms with Crippen molar-refractivity contribution in [3.63, 3.8) is 0 Å². The highest BCUT2D eigenvalue weighted by Crippen LogP contribution is 2.65. The van der Waals surface area contributed by atoms with Crippen LogP contribution in [0.3, 0.4) is 0 Å². The van der Waals surface area contributed by atoms with E-state index in [2.05, 4.69) is 4.74 Å². The summed E-state index contributed by atoms with van der Waals surface area (Å²) in [5, 5.41) is 8.86. The van der Waals surface area contributed by atoms with Crippen molar-refractivity contribution in [3.8, 4) is 0 Å². The first-order valence-electron chi connectivity index (χ1n) is 20.9. The molecule has 2 aromatic rings. The molecule has 0 bridgehead atoms. The number of carbonyl (C=O) groups is 2. The molecule has 0 heterocycles. The van der Waals surface area contributed by atoms with Gasteiger partial charge in [-0.05, 0) is 35.8 Å². The van der Waals surface area contributed by atoms with Gasteiger partial charge in [-0.3, -0.25) is 5.32 Å². The summed E-state index contributed by atoms with van der Waals surface area (Å²) in [5.74, 6) is -131. The fourth-order valence-electron chi connectivity index (χ4n) is 6.90. The van der Waals surface area contributed by atoms with Crippen LogP contribution in [0.2, 0.25) is 18.1 Å². The number of alkyl halides is 39. The van der Waals surface area contributed by atoms with E-state index in [9.17, 15) is 160 Å². The van der Waals surface area contributed by atoms with Crippen molar-refractivity contribution >= 4 is 31.0 Å². The highest BCUT2D eigenvalue weighted by molar-refractivity contribution is 6.92. The average Bonchev–Trinajstić information content (AvgIpc) is 2.33. The molecule has 5 nitrogen and oxygen atoms in total. The molecular formula is C39H24F39NO4Si. The number of amides is 1. The van der Waals surface area contributed by atoms with Crippen LogP contribution in [0.1, 0.15) is 35.2 Å². The van der Waals surface area contributed by atoms with Gasteiger partial charge in [0.25, 0.3) is 0 Å². The van der Waals surface area contributed by atoms with E-state index in [1.165, 1.54) is 0 Å². The lowest BCUT2D eigenvalue weighted by molar-refractivity contribution is -0.440. The number of halogens is 39. The quantitative estimate of drug-likeness (QED) is 0.0727. The van der Waals surface area contributed by atoms with E-state index in [-0.39, 0.29) is 24.3 Å². The fraction of sp³-hybridized carbons (Fsp3) is 0.641. The molecule has 2 aromatic carbocycles. The normalized spacial score (nSPS) is 15.6. The summed E-state index contributed by atoms with van der Waals surface area (Å²) < 4.78 is 553. The van der Waals surface area contributed by atoms with Gasteiger partial charge >= 0.3 is 119 Å². The van der Waals surface area contributed by atoms with Crippen molar-refractivity contribution in [1.29, 1.82) is 0 Å². The molecule has 0 aromatic heterocycles. The Kier molecular flexibility index (Phi) is 19.7. The van der Waals surface area contributed by atoms with Crippen molar-refractivity contribution in [2.75, 3.05) is 5.32 Å². The Morgan fingerprint density at radius 3 is 0.893 bits per heavy atom. The van der Waals surface area contributed by atoms with Gasteiger partial charge < -0.3 is 9.84 Å². The number of carbonyl (C=O) groups excluding carboxylic acids is 1. The third-order valence-corrected chi connectivity index (χ3v) is 17.3. The van der Waals surface area contributed by atoms with Gasteiger partial charge in [0.05, 0.1) is 19.3 Å². The highest BCUT2D eigenvalue weighted by Gasteiger charge is 2.93. The molecule has 1 amide bonds. The van der Waals surface area contributed by atoms with E-state index in [1.54, 1.807) is 5.32 Å². The van der Waals surface area contributed by atoms with E-state index in [0.717, 1.165) is 24.3 Å². The molecule has 486 valence electrons. The Morgan fingerprint density at radius 1 is 0.369 bits per heavy atom. The van der Waals surface area contributed by atoms with Crippen molar-refractivity contribution in [2.45, 2.75) is 151 Å². The smallest absolute Gasteiger partial charge is 0.460 e. The molecule has 2 N–H and O–H groups in total. The lowest BCUT2D eigenvalue weighted by atomic mass is 9.93. The average molecular weight is 1340 g/mol. The Balaban J connectivity index is 3.18. The molecule has 0 spiro atoms. The summed E-state index contributed by atoms with van der Waals surface area (Å²) in [6.45, 7) is -1.47. The van der Waals surface area contributed by atoms with Crippen LogP contribution >= 0.6 is 0 Å². The summed E-state index contributed by atoms with van der Waals surface area (Å²) in [4.78, 5) is 23.8. The number of anilines is 1. The molecule has 0 saturated carbocycles. The van der Waals surface area contributed by atoms with Crippen LogP contribution in [-0.4, -0.2) is 133 Å². The van der Waals surface area contributed by atoms with Gasteiger partial charge in [0, 0.05) is 19.3 Å². The molecule has 0 fully saturated rings. The predicted octanol–water partition coefficient (Wildman–Crippen LogP) is 17.2. The second-order valence-electron chi connectivity index (χ2n) is 17.5. The lowest BCUT2D eigenvalue weighted by Crippen LogP contribution is -2.70. The summed E-state index contributed by atoms with van der Waals surface area (Å²) >= 11 is 0. The van der Waals surface area contributed by atoms with Gasteiger partial charge in [0.2, 0.25) is 0 Å².